The van der Waals surface area contributed by atoms with E-state index < -0.39 is 0 Å². The van der Waals surface area contributed by atoms with E-state index in [4.69, 9.17) is 10.00 Å². The summed E-state index contributed by atoms with van der Waals surface area (Å²) in [6.07, 6.45) is 1.54. The molecule has 5 heteroatoms. The smallest absolute Gasteiger partial charge is 0.228 e. The summed E-state index contributed by atoms with van der Waals surface area (Å²) in [6, 6.07) is 9.28. The van der Waals surface area contributed by atoms with Gasteiger partial charge in [-0.05, 0) is 30.7 Å². The molecule has 1 heterocycles. The van der Waals surface area contributed by atoms with Crippen molar-refractivity contribution in [3.8, 4) is 11.8 Å². The number of nitrogens with one attached hydrogen (secondary N) is 1. The molecular weight excluding hydrogens is 228 g/mol. The minimum atomic E-state index is 0.319. The van der Waals surface area contributed by atoms with Crippen LogP contribution >= 0.6 is 0 Å². The van der Waals surface area contributed by atoms with Crippen molar-refractivity contribution in [2.75, 3.05) is 12.4 Å². The zero-order chi connectivity index (χ0) is 13.0. The van der Waals surface area contributed by atoms with Gasteiger partial charge in [-0.15, -0.1) is 0 Å². The predicted octanol–water partition coefficient (Wildman–Crippen LogP) is 2.41. The van der Waals surface area contributed by atoms with Gasteiger partial charge in [0.05, 0.1) is 12.8 Å². The first-order valence-electron chi connectivity index (χ1n) is 5.38. The van der Waals surface area contributed by atoms with Crippen LogP contribution in [0.3, 0.4) is 0 Å². The Morgan fingerprint density at radius 2 is 2.17 bits per heavy atom. The van der Waals surface area contributed by atoms with E-state index >= 15 is 0 Å². The van der Waals surface area contributed by atoms with Crippen LogP contribution in [0.15, 0.2) is 30.5 Å². The molecule has 2 aromatic rings. The lowest BCUT2D eigenvalue weighted by Crippen LogP contribution is -2.00. The minimum Gasteiger partial charge on any atom is -0.495 e. The number of hydrogen-bond acceptors (Lipinski definition) is 5. The maximum absolute atomic E-state index is 8.78. The Morgan fingerprint density at radius 3 is 2.89 bits per heavy atom. The Balaban J connectivity index is 2.33. The van der Waals surface area contributed by atoms with Gasteiger partial charge in [-0.2, -0.15) is 5.26 Å². The van der Waals surface area contributed by atoms with E-state index in [0.717, 1.165) is 11.3 Å². The molecule has 0 bridgehead atoms. The molecule has 5 nitrogen and oxygen atoms in total. The fourth-order valence-corrected chi connectivity index (χ4v) is 1.52. The topological polar surface area (TPSA) is 70.8 Å². The Hall–Kier alpha value is -2.61. The molecule has 0 saturated heterocycles. The highest BCUT2D eigenvalue weighted by Gasteiger charge is 2.05. The molecule has 2 rings (SSSR count). The van der Waals surface area contributed by atoms with Gasteiger partial charge in [-0.25, -0.2) is 9.97 Å². The number of nitrogens with zero attached hydrogens (tertiary/aromatic N) is 3. The molecule has 90 valence electrons. The highest BCUT2D eigenvalue weighted by atomic mass is 16.5. The van der Waals surface area contributed by atoms with Gasteiger partial charge in [0, 0.05) is 6.20 Å². The second-order valence-corrected chi connectivity index (χ2v) is 3.71. The zero-order valence-corrected chi connectivity index (χ0v) is 10.1. The molecule has 0 radical (unpaired) electrons. The van der Waals surface area contributed by atoms with Crippen LogP contribution in [0.2, 0.25) is 0 Å². The van der Waals surface area contributed by atoms with Crippen LogP contribution in [0.25, 0.3) is 0 Å². The third-order valence-corrected chi connectivity index (χ3v) is 2.37. The second kappa shape index (κ2) is 5.15. The van der Waals surface area contributed by atoms with Gasteiger partial charge in [-0.1, -0.05) is 6.07 Å². The molecule has 18 heavy (non-hydrogen) atoms. The molecule has 0 aliphatic carbocycles. The summed E-state index contributed by atoms with van der Waals surface area (Å²) in [4.78, 5) is 8.11. The lowest BCUT2D eigenvalue weighted by atomic mass is 10.2. The standard InChI is InChI=1S/C13H12N4O/c1-9-3-4-12(18-2)11(7-9)17-13-15-6-5-10(8-14)16-13/h3-7H,1-2H3,(H,15,16,17). The molecule has 0 atom stereocenters. The van der Waals surface area contributed by atoms with E-state index in [1.165, 1.54) is 6.20 Å². The number of benzene rings is 1. The zero-order valence-electron chi connectivity index (χ0n) is 10.1. The van der Waals surface area contributed by atoms with Crippen molar-refractivity contribution < 1.29 is 4.74 Å². The van der Waals surface area contributed by atoms with Gasteiger partial charge in [0.15, 0.2) is 0 Å². The first-order valence-corrected chi connectivity index (χ1v) is 5.38. The van der Waals surface area contributed by atoms with Crippen molar-refractivity contribution in [2.45, 2.75) is 6.92 Å². The normalized spacial score (nSPS) is 9.61. The molecule has 0 aliphatic heterocycles. The van der Waals surface area contributed by atoms with Crippen LogP contribution in [0.5, 0.6) is 5.75 Å². The minimum absolute atomic E-state index is 0.319. The number of anilines is 2. The van der Waals surface area contributed by atoms with Crippen molar-refractivity contribution in [2.24, 2.45) is 0 Å². The highest BCUT2D eigenvalue weighted by molar-refractivity contribution is 5.63. The molecule has 0 saturated carbocycles. The fraction of sp³-hybridized carbons (Fsp3) is 0.154. The van der Waals surface area contributed by atoms with E-state index in [2.05, 4.69) is 15.3 Å². The Labute approximate surface area is 105 Å². The van der Waals surface area contributed by atoms with Crippen LogP contribution in [-0.4, -0.2) is 17.1 Å². The monoisotopic (exact) mass is 240 g/mol. The SMILES string of the molecule is COc1ccc(C)cc1Nc1nccc(C#N)n1. The summed E-state index contributed by atoms with van der Waals surface area (Å²) in [5, 5.41) is 11.8. The average Bonchev–Trinajstić information content (AvgIpc) is 2.39. The van der Waals surface area contributed by atoms with Gasteiger partial charge in [0.1, 0.15) is 17.5 Å². The number of rotatable bonds is 3. The maximum Gasteiger partial charge on any atom is 0.228 e. The Bertz CT molecular complexity index is 604. The number of nitriles is 1. The van der Waals surface area contributed by atoms with E-state index in [0.29, 0.717) is 17.4 Å². The second-order valence-electron chi connectivity index (χ2n) is 3.71. The number of methoxy groups -OCH3 is 1. The molecule has 0 amide bonds. The van der Waals surface area contributed by atoms with Crippen LogP contribution in [-0.2, 0) is 0 Å². The third kappa shape index (κ3) is 2.55. The lowest BCUT2D eigenvalue weighted by Gasteiger charge is -2.10. The highest BCUT2D eigenvalue weighted by Crippen LogP contribution is 2.27. The molecule has 0 fully saturated rings. The van der Waals surface area contributed by atoms with Gasteiger partial charge in [-0.3, -0.25) is 0 Å². The van der Waals surface area contributed by atoms with Gasteiger partial charge >= 0.3 is 0 Å². The summed E-state index contributed by atoms with van der Waals surface area (Å²) >= 11 is 0. The van der Waals surface area contributed by atoms with Gasteiger partial charge in [0.25, 0.3) is 0 Å². The molecular formula is C13H12N4O. The lowest BCUT2D eigenvalue weighted by molar-refractivity contribution is 0.416. The number of aryl methyl sites for hydroxylation is 1. The average molecular weight is 240 g/mol. The molecule has 0 spiro atoms. The largest absolute Gasteiger partial charge is 0.495 e. The Kier molecular flexibility index (Phi) is 3.39. The van der Waals surface area contributed by atoms with E-state index in [-0.39, 0.29) is 0 Å². The first-order chi connectivity index (χ1) is 8.72. The summed E-state index contributed by atoms with van der Waals surface area (Å²) in [5.74, 6) is 1.07. The summed E-state index contributed by atoms with van der Waals surface area (Å²) in [5.41, 5.74) is 2.18. The number of ether oxygens (including phenoxy) is 1. The van der Waals surface area contributed by atoms with Crippen LogP contribution in [0.1, 0.15) is 11.3 Å². The van der Waals surface area contributed by atoms with Crippen molar-refractivity contribution in [3.05, 3.63) is 41.7 Å². The van der Waals surface area contributed by atoms with Crippen molar-refractivity contribution >= 4 is 11.6 Å². The molecule has 1 N–H and O–H groups in total. The van der Waals surface area contributed by atoms with Gasteiger partial charge < -0.3 is 10.1 Å². The first kappa shape index (κ1) is 11.9. The van der Waals surface area contributed by atoms with E-state index in [1.54, 1.807) is 13.2 Å². The summed E-state index contributed by atoms with van der Waals surface area (Å²) in [7, 11) is 1.60. The van der Waals surface area contributed by atoms with Crippen LogP contribution in [0.4, 0.5) is 11.6 Å². The van der Waals surface area contributed by atoms with Crippen LogP contribution < -0.4 is 10.1 Å². The predicted molar refractivity (Wildman–Crippen MR) is 67.8 cm³/mol. The van der Waals surface area contributed by atoms with Crippen molar-refractivity contribution in [1.29, 1.82) is 5.26 Å². The maximum atomic E-state index is 8.78. The fourth-order valence-electron chi connectivity index (χ4n) is 1.52. The van der Waals surface area contributed by atoms with Crippen LogP contribution in [0, 0.1) is 18.3 Å². The van der Waals surface area contributed by atoms with E-state index in [1.807, 2.05) is 31.2 Å². The Morgan fingerprint density at radius 1 is 1.33 bits per heavy atom. The van der Waals surface area contributed by atoms with Crippen molar-refractivity contribution in [3.63, 3.8) is 0 Å². The number of hydrogen-bond donors (Lipinski definition) is 1. The summed E-state index contributed by atoms with van der Waals surface area (Å²) < 4.78 is 5.25. The molecule has 0 unspecified atom stereocenters. The van der Waals surface area contributed by atoms with Gasteiger partial charge in [0.2, 0.25) is 5.95 Å². The number of aromatic nitrogens is 2. The molecule has 1 aromatic heterocycles. The van der Waals surface area contributed by atoms with E-state index in [9.17, 15) is 0 Å². The third-order valence-electron chi connectivity index (χ3n) is 2.37. The quantitative estimate of drug-likeness (QED) is 0.892. The summed E-state index contributed by atoms with van der Waals surface area (Å²) in [6.45, 7) is 1.98. The molecule has 1 aromatic carbocycles. The van der Waals surface area contributed by atoms with Crippen molar-refractivity contribution in [1.82, 2.24) is 9.97 Å². The molecule has 0 aliphatic rings.